The third-order valence-electron chi connectivity index (χ3n) is 1.91. The van der Waals surface area contributed by atoms with E-state index in [1.165, 1.54) is 6.20 Å². The molecule has 1 N–H and O–H groups in total. The number of aromatic amines is 1. The Bertz CT molecular complexity index is 381. The third kappa shape index (κ3) is 2.02. The van der Waals surface area contributed by atoms with E-state index in [4.69, 9.17) is 4.74 Å². The molecule has 4 nitrogen and oxygen atoms in total. The second-order valence-corrected chi connectivity index (χ2v) is 2.77. The van der Waals surface area contributed by atoms with Crippen LogP contribution in [-0.4, -0.2) is 17.6 Å². The maximum atomic E-state index is 11.4. The van der Waals surface area contributed by atoms with Crippen molar-refractivity contribution in [3.63, 3.8) is 0 Å². The molecule has 4 heteroatoms. The zero-order valence-electron chi connectivity index (χ0n) is 8.29. The molecule has 0 radical (unpaired) electrons. The summed E-state index contributed by atoms with van der Waals surface area (Å²) in [6.45, 7) is 3.87. The first-order valence-electron chi connectivity index (χ1n) is 4.58. The Labute approximate surface area is 81.9 Å². The van der Waals surface area contributed by atoms with Crippen molar-refractivity contribution in [2.75, 3.05) is 6.61 Å². The first kappa shape index (κ1) is 10.5. The van der Waals surface area contributed by atoms with Crippen LogP contribution in [0, 0.1) is 0 Å². The lowest BCUT2D eigenvalue weighted by Gasteiger charge is -2.04. The summed E-state index contributed by atoms with van der Waals surface area (Å²) >= 11 is 0. The number of carbonyl (C=O) groups excluding carboxylic acids is 1. The van der Waals surface area contributed by atoms with Crippen LogP contribution in [0.2, 0.25) is 0 Å². The lowest BCUT2D eigenvalue weighted by atomic mass is 10.1. The molecule has 0 aliphatic heterocycles. The Morgan fingerprint density at radius 3 is 2.79 bits per heavy atom. The Morgan fingerprint density at radius 1 is 1.50 bits per heavy atom. The van der Waals surface area contributed by atoms with E-state index >= 15 is 0 Å². The van der Waals surface area contributed by atoms with E-state index < -0.39 is 5.97 Å². The van der Waals surface area contributed by atoms with Gasteiger partial charge in [-0.25, -0.2) is 4.79 Å². The Morgan fingerprint density at radius 2 is 2.21 bits per heavy atom. The van der Waals surface area contributed by atoms with Gasteiger partial charge in [0.05, 0.1) is 12.2 Å². The van der Waals surface area contributed by atoms with Crippen molar-refractivity contribution in [2.45, 2.75) is 20.3 Å². The highest BCUT2D eigenvalue weighted by Crippen LogP contribution is 2.05. The molecular formula is C10H13NO3. The molecule has 1 rings (SSSR count). The number of pyridine rings is 1. The molecule has 0 fully saturated rings. The number of H-pyrrole nitrogens is 1. The zero-order valence-corrected chi connectivity index (χ0v) is 8.29. The van der Waals surface area contributed by atoms with Gasteiger partial charge < -0.3 is 9.72 Å². The average Bonchev–Trinajstić information content (AvgIpc) is 2.17. The SMILES string of the molecule is CCOC(=O)c1cc[nH]c(=O)c1CC. The summed E-state index contributed by atoms with van der Waals surface area (Å²) in [6.07, 6.45) is 1.97. The minimum absolute atomic E-state index is 0.224. The molecule has 0 saturated carbocycles. The van der Waals surface area contributed by atoms with Gasteiger partial charge in [-0.1, -0.05) is 6.92 Å². The largest absolute Gasteiger partial charge is 0.462 e. The fourth-order valence-corrected chi connectivity index (χ4v) is 1.26. The number of rotatable bonds is 3. The van der Waals surface area contributed by atoms with Crippen LogP contribution in [0.5, 0.6) is 0 Å². The van der Waals surface area contributed by atoms with Gasteiger partial charge in [-0.3, -0.25) is 4.79 Å². The number of hydrogen-bond acceptors (Lipinski definition) is 3. The lowest BCUT2D eigenvalue weighted by molar-refractivity contribution is 0.0525. The highest BCUT2D eigenvalue weighted by atomic mass is 16.5. The molecule has 0 bridgehead atoms. The first-order valence-corrected chi connectivity index (χ1v) is 4.58. The molecule has 0 aromatic carbocycles. The summed E-state index contributed by atoms with van der Waals surface area (Å²) in [5.74, 6) is -0.435. The second-order valence-electron chi connectivity index (χ2n) is 2.77. The highest BCUT2D eigenvalue weighted by Gasteiger charge is 2.13. The molecule has 76 valence electrons. The van der Waals surface area contributed by atoms with E-state index in [1.54, 1.807) is 13.0 Å². The van der Waals surface area contributed by atoms with Crippen molar-refractivity contribution < 1.29 is 9.53 Å². The van der Waals surface area contributed by atoms with Crippen LogP contribution in [0.15, 0.2) is 17.1 Å². The molecule has 0 aliphatic rings. The third-order valence-corrected chi connectivity index (χ3v) is 1.91. The van der Waals surface area contributed by atoms with Gasteiger partial charge >= 0.3 is 5.97 Å². The summed E-state index contributed by atoms with van der Waals surface area (Å²) in [4.78, 5) is 25.2. The second kappa shape index (κ2) is 4.60. The number of carbonyl (C=O) groups is 1. The van der Waals surface area contributed by atoms with E-state index in [9.17, 15) is 9.59 Å². The number of ether oxygens (including phenoxy) is 1. The molecule has 0 spiro atoms. The van der Waals surface area contributed by atoms with Gasteiger partial charge in [0.25, 0.3) is 5.56 Å². The van der Waals surface area contributed by atoms with Gasteiger partial charge in [-0.2, -0.15) is 0 Å². The molecule has 0 aliphatic carbocycles. The first-order chi connectivity index (χ1) is 6.70. The lowest BCUT2D eigenvalue weighted by Crippen LogP contribution is -2.18. The van der Waals surface area contributed by atoms with Gasteiger partial charge in [0.2, 0.25) is 0 Å². The molecule has 0 atom stereocenters. The van der Waals surface area contributed by atoms with Crippen molar-refractivity contribution in [3.05, 3.63) is 33.7 Å². The monoisotopic (exact) mass is 195 g/mol. The Kier molecular flexibility index (Phi) is 3.45. The quantitative estimate of drug-likeness (QED) is 0.735. The normalized spacial score (nSPS) is 9.86. The van der Waals surface area contributed by atoms with Gasteiger partial charge in [0.15, 0.2) is 0 Å². The smallest absolute Gasteiger partial charge is 0.338 e. The minimum atomic E-state index is -0.435. The molecule has 0 amide bonds. The van der Waals surface area contributed by atoms with E-state index in [0.717, 1.165) is 0 Å². The van der Waals surface area contributed by atoms with Crippen LogP contribution in [0.3, 0.4) is 0 Å². The summed E-state index contributed by atoms with van der Waals surface area (Å²) in [5.41, 5.74) is 0.613. The van der Waals surface area contributed by atoms with Crippen molar-refractivity contribution in [3.8, 4) is 0 Å². The molecule has 14 heavy (non-hydrogen) atoms. The van der Waals surface area contributed by atoms with Gasteiger partial charge in [0, 0.05) is 11.8 Å². The molecule has 1 heterocycles. The van der Waals surface area contributed by atoms with Crippen LogP contribution >= 0.6 is 0 Å². The van der Waals surface area contributed by atoms with Crippen LogP contribution in [0.1, 0.15) is 29.8 Å². The van der Waals surface area contributed by atoms with Crippen LogP contribution in [0.25, 0.3) is 0 Å². The Hall–Kier alpha value is -1.58. The highest BCUT2D eigenvalue weighted by molar-refractivity contribution is 5.90. The predicted molar refractivity (Wildman–Crippen MR) is 52.4 cm³/mol. The predicted octanol–water partition coefficient (Wildman–Crippen LogP) is 1.11. The van der Waals surface area contributed by atoms with Crippen LogP contribution in [-0.2, 0) is 11.2 Å². The number of nitrogens with one attached hydrogen (secondary N) is 1. The van der Waals surface area contributed by atoms with Crippen molar-refractivity contribution >= 4 is 5.97 Å². The maximum absolute atomic E-state index is 11.4. The number of hydrogen-bond donors (Lipinski definition) is 1. The van der Waals surface area contributed by atoms with Crippen LogP contribution < -0.4 is 5.56 Å². The molecule has 1 aromatic rings. The molecule has 0 unspecified atom stereocenters. The fourth-order valence-electron chi connectivity index (χ4n) is 1.26. The van der Waals surface area contributed by atoms with Crippen molar-refractivity contribution in [1.29, 1.82) is 0 Å². The van der Waals surface area contributed by atoms with Crippen molar-refractivity contribution in [1.82, 2.24) is 4.98 Å². The van der Waals surface area contributed by atoms with E-state index in [2.05, 4.69) is 4.98 Å². The Balaban J connectivity index is 3.14. The minimum Gasteiger partial charge on any atom is -0.462 e. The van der Waals surface area contributed by atoms with Gasteiger partial charge in [-0.05, 0) is 19.4 Å². The molecular weight excluding hydrogens is 182 g/mol. The summed E-state index contributed by atoms with van der Waals surface area (Å²) in [7, 11) is 0. The van der Waals surface area contributed by atoms with E-state index in [1.807, 2.05) is 6.92 Å². The molecule has 0 saturated heterocycles. The fraction of sp³-hybridized carbons (Fsp3) is 0.400. The summed E-state index contributed by atoms with van der Waals surface area (Å²) in [6, 6.07) is 1.57. The van der Waals surface area contributed by atoms with Gasteiger partial charge in [-0.15, -0.1) is 0 Å². The van der Waals surface area contributed by atoms with Crippen LogP contribution in [0.4, 0.5) is 0 Å². The summed E-state index contributed by atoms with van der Waals surface area (Å²) in [5, 5.41) is 0. The number of aromatic nitrogens is 1. The summed E-state index contributed by atoms with van der Waals surface area (Å²) < 4.78 is 4.83. The average molecular weight is 195 g/mol. The molecule has 1 aromatic heterocycles. The standard InChI is InChI=1S/C10H13NO3/c1-3-7-8(10(13)14-4-2)5-6-11-9(7)12/h5-6H,3-4H2,1-2H3,(H,11,12). The zero-order chi connectivity index (χ0) is 10.6. The van der Waals surface area contributed by atoms with Crippen molar-refractivity contribution in [2.24, 2.45) is 0 Å². The van der Waals surface area contributed by atoms with E-state index in [-0.39, 0.29) is 5.56 Å². The number of esters is 1. The maximum Gasteiger partial charge on any atom is 0.338 e. The van der Waals surface area contributed by atoms with Gasteiger partial charge in [0.1, 0.15) is 0 Å². The van der Waals surface area contributed by atoms with E-state index in [0.29, 0.717) is 24.2 Å². The topological polar surface area (TPSA) is 59.2 Å².